The van der Waals surface area contributed by atoms with Crippen molar-refractivity contribution in [2.75, 3.05) is 0 Å². The highest BCUT2D eigenvalue weighted by atomic mass is 16.2. The summed E-state index contributed by atoms with van der Waals surface area (Å²) in [6.45, 7) is 5.10. The van der Waals surface area contributed by atoms with Gasteiger partial charge in [-0.05, 0) is 56.0 Å². The van der Waals surface area contributed by atoms with Gasteiger partial charge in [0, 0.05) is 48.0 Å². The van der Waals surface area contributed by atoms with Crippen LogP contribution in [0.3, 0.4) is 0 Å². The summed E-state index contributed by atoms with van der Waals surface area (Å²) >= 11 is 0. The lowest BCUT2D eigenvalue weighted by atomic mass is 10.0. The summed E-state index contributed by atoms with van der Waals surface area (Å²) in [4.78, 5) is 57.9. The van der Waals surface area contributed by atoms with Gasteiger partial charge in [-0.25, -0.2) is 0 Å². The molecular weight excluding hydrogens is 534 g/mol. The van der Waals surface area contributed by atoms with Crippen molar-refractivity contribution >= 4 is 41.3 Å². The van der Waals surface area contributed by atoms with Gasteiger partial charge in [-0.2, -0.15) is 5.10 Å². The molecule has 0 saturated carbocycles. The van der Waals surface area contributed by atoms with Gasteiger partial charge in [-0.3, -0.25) is 29.2 Å². The van der Waals surface area contributed by atoms with Crippen LogP contribution in [0, 0.1) is 18.8 Å². The smallest absolute Gasteiger partial charge is 0.255 e. The summed E-state index contributed by atoms with van der Waals surface area (Å²) < 4.78 is 1.97. The minimum Gasteiger partial charge on any atom is -0.366 e. The third kappa shape index (κ3) is 6.57. The summed E-state index contributed by atoms with van der Waals surface area (Å²) in [5.41, 5.74) is 10.1. The molecule has 1 aromatic heterocycles. The maximum Gasteiger partial charge on any atom is 0.255 e. The van der Waals surface area contributed by atoms with Crippen molar-refractivity contribution < 1.29 is 24.0 Å². The number of nitrogens with one attached hydrogen (secondary N) is 1. The number of fused-ring (bicyclic) bond motifs is 2. The number of primary amides is 1. The average molecular weight is 570 g/mol. The number of nitrogens with zero attached hydrogens (tertiary/aromatic N) is 3. The van der Waals surface area contributed by atoms with Crippen molar-refractivity contribution in [2.45, 2.75) is 77.4 Å². The SMILES string of the molecule is C=O.Cc1nn(CCCCCCCC#Cc2cccc3c2CN(C2CCC(=O)NC2=O)C3=O)c2cc(C(N)=O)ccc12. The zero-order chi connectivity index (χ0) is 30.2. The van der Waals surface area contributed by atoms with Crippen LogP contribution < -0.4 is 11.1 Å². The molecule has 1 unspecified atom stereocenters. The number of nitrogens with two attached hydrogens (primary N) is 1. The van der Waals surface area contributed by atoms with E-state index in [2.05, 4.69) is 22.3 Å². The highest BCUT2D eigenvalue weighted by Crippen LogP contribution is 2.29. The first-order chi connectivity index (χ1) is 20.3. The largest absolute Gasteiger partial charge is 0.366 e. The number of aromatic nitrogens is 2. The van der Waals surface area contributed by atoms with Crippen LogP contribution in [0.25, 0.3) is 10.9 Å². The number of imide groups is 1. The number of unbranched alkanes of at least 4 members (excludes halogenated alkanes) is 5. The Balaban J connectivity index is 0.00000198. The van der Waals surface area contributed by atoms with E-state index in [1.807, 2.05) is 42.7 Å². The average Bonchev–Trinajstić information content (AvgIpc) is 3.49. The fraction of sp³-hybridized carbons (Fsp3) is 0.375. The Morgan fingerprint density at radius 3 is 2.62 bits per heavy atom. The van der Waals surface area contributed by atoms with Crippen molar-refractivity contribution in [1.29, 1.82) is 0 Å². The van der Waals surface area contributed by atoms with Gasteiger partial charge in [0.25, 0.3) is 5.91 Å². The number of benzene rings is 2. The summed E-state index contributed by atoms with van der Waals surface area (Å²) in [6, 6.07) is 10.4. The van der Waals surface area contributed by atoms with Crippen LogP contribution in [0.5, 0.6) is 0 Å². The highest BCUT2D eigenvalue weighted by molar-refractivity contribution is 6.05. The monoisotopic (exact) mass is 569 g/mol. The van der Waals surface area contributed by atoms with Gasteiger partial charge in [0.2, 0.25) is 17.7 Å². The maximum absolute atomic E-state index is 13.0. The Kier molecular flexibility index (Phi) is 9.86. The van der Waals surface area contributed by atoms with Gasteiger partial charge in [0.05, 0.1) is 11.2 Å². The molecule has 2 aromatic carbocycles. The Morgan fingerprint density at radius 2 is 1.86 bits per heavy atom. The molecule has 2 aliphatic rings. The third-order valence-electron chi connectivity index (χ3n) is 7.70. The molecule has 10 nitrogen and oxygen atoms in total. The van der Waals surface area contributed by atoms with E-state index in [0.717, 1.165) is 72.8 Å². The van der Waals surface area contributed by atoms with Crippen LogP contribution in [0.15, 0.2) is 36.4 Å². The van der Waals surface area contributed by atoms with Crippen molar-refractivity contribution in [3.05, 3.63) is 64.3 Å². The Hall–Kier alpha value is -4.78. The van der Waals surface area contributed by atoms with E-state index < -0.39 is 17.9 Å². The second kappa shape index (κ2) is 13.7. The summed E-state index contributed by atoms with van der Waals surface area (Å²) in [5.74, 6) is 5.17. The lowest BCUT2D eigenvalue weighted by Gasteiger charge is -2.29. The van der Waals surface area contributed by atoms with E-state index in [0.29, 0.717) is 24.1 Å². The second-order valence-electron chi connectivity index (χ2n) is 10.5. The number of amides is 4. The lowest BCUT2D eigenvalue weighted by molar-refractivity contribution is -0.136. The molecule has 1 saturated heterocycles. The predicted molar refractivity (Wildman–Crippen MR) is 157 cm³/mol. The van der Waals surface area contributed by atoms with Crippen LogP contribution in [-0.2, 0) is 27.5 Å². The lowest BCUT2D eigenvalue weighted by Crippen LogP contribution is -2.52. The van der Waals surface area contributed by atoms with Crippen LogP contribution in [0.4, 0.5) is 0 Å². The maximum atomic E-state index is 13.0. The van der Waals surface area contributed by atoms with Crippen molar-refractivity contribution in [3.8, 4) is 11.8 Å². The molecule has 1 atom stereocenters. The molecule has 10 heteroatoms. The van der Waals surface area contributed by atoms with E-state index in [4.69, 9.17) is 10.5 Å². The summed E-state index contributed by atoms with van der Waals surface area (Å²) in [7, 11) is 0. The molecule has 42 heavy (non-hydrogen) atoms. The molecule has 0 bridgehead atoms. The Morgan fingerprint density at radius 1 is 1.10 bits per heavy atom. The van der Waals surface area contributed by atoms with E-state index >= 15 is 0 Å². The Labute approximate surface area is 244 Å². The zero-order valence-electron chi connectivity index (χ0n) is 23.8. The molecule has 0 spiro atoms. The molecule has 3 N–H and O–H groups in total. The molecule has 3 heterocycles. The van der Waals surface area contributed by atoms with Crippen LogP contribution in [0.2, 0.25) is 0 Å². The molecule has 0 radical (unpaired) electrons. The Bertz CT molecular complexity index is 1580. The first-order valence-corrected chi connectivity index (χ1v) is 14.1. The van der Waals surface area contributed by atoms with Gasteiger partial charge >= 0.3 is 0 Å². The van der Waals surface area contributed by atoms with E-state index in [9.17, 15) is 19.2 Å². The van der Waals surface area contributed by atoms with Gasteiger partial charge in [-0.1, -0.05) is 43.2 Å². The molecule has 0 aliphatic carbocycles. The van der Waals surface area contributed by atoms with Crippen LogP contribution in [-0.4, -0.2) is 51.1 Å². The molecule has 4 amide bonds. The predicted octanol–water partition coefficient (Wildman–Crippen LogP) is 3.41. The van der Waals surface area contributed by atoms with Gasteiger partial charge in [-0.15, -0.1) is 0 Å². The standard InChI is InChI=1S/C31H33N5O4.CH2O/c1-20-23-14-13-22(29(32)38)18-27(23)36(34-20)17-8-6-4-2-3-5-7-10-21-11-9-12-24-25(21)19-35(31(24)40)26-15-16-28(37)33-30(26)39;1-2/h9,11-14,18,26H,2-6,8,15-17,19H2,1H3,(H2,32,38)(H,33,37,39);1H2. The summed E-state index contributed by atoms with van der Waals surface area (Å²) in [6.07, 6.45) is 6.60. The molecule has 3 aromatic rings. The number of carbonyl (C=O) groups is 5. The number of hydrogen-bond acceptors (Lipinski definition) is 6. The number of rotatable bonds is 9. The number of carbonyl (C=O) groups excluding carboxylic acids is 5. The van der Waals surface area contributed by atoms with Crippen molar-refractivity contribution in [2.24, 2.45) is 5.73 Å². The number of piperidine rings is 1. The summed E-state index contributed by atoms with van der Waals surface area (Å²) in [5, 5.41) is 8.01. The van der Waals surface area contributed by atoms with E-state index in [1.54, 1.807) is 17.0 Å². The minimum atomic E-state index is -0.623. The third-order valence-corrected chi connectivity index (χ3v) is 7.70. The molecule has 2 aliphatic heterocycles. The van der Waals surface area contributed by atoms with Gasteiger partial charge < -0.3 is 15.4 Å². The highest BCUT2D eigenvalue weighted by Gasteiger charge is 2.39. The zero-order valence-corrected chi connectivity index (χ0v) is 23.8. The normalized spacial score (nSPS) is 15.9. The van der Waals surface area contributed by atoms with E-state index in [1.165, 1.54) is 0 Å². The molecule has 5 rings (SSSR count). The molecule has 218 valence electrons. The minimum absolute atomic E-state index is 0.181. The fourth-order valence-electron chi connectivity index (χ4n) is 5.53. The number of aryl methyl sites for hydroxylation is 2. The van der Waals surface area contributed by atoms with Gasteiger partial charge in [0.15, 0.2) is 0 Å². The first kappa shape index (κ1) is 30.2. The van der Waals surface area contributed by atoms with Crippen LogP contribution >= 0.6 is 0 Å². The van der Waals surface area contributed by atoms with Gasteiger partial charge in [0.1, 0.15) is 12.8 Å². The molecule has 1 fully saturated rings. The van der Waals surface area contributed by atoms with Crippen molar-refractivity contribution in [1.82, 2.24) is 20.0 Å². The quantitative estimate of drug-likeness (QED) is 0.230. The van der Waals surface area contributed by atoms with Crippen LogP contribution in [0.1, 0.15) is 88.9 Å². The topological polar surface area (TPSA) is 144 Å². The second-order valence-corrected chi connectivity index (χ2v) is 10.5. The fourth-order valence-corrected chi connectivity index (χ4v) is 5.53. The first-order valence-electron chi connectivity index (χ1n) is 14.1. The number of hydrogen-bond donors (Lipinski definition) is 2. The van der Waals surface area contributed by atoms with E-state index in [-0.39, 0.29) is 18.2 Å². The molecular formula is C32H35N5O5. The van der Waals surface area contributed by atoms with Crippen molar-refractivity contribution in [3.63, 3.8) is 0 Å².